The summed E-state index contributed by atoms with van der Waals surface area (Å²) < 4.78 is 4.74. The van der Waals surface area contributed by atoms with E-state index in [1.165, 1.54) is 24.8 Å². The van der Waals surface area contributed by atoms with Gasteiger partial charge in [0.25, 0.3) is 5.91 Å². The van der Waals surface area contributed by atoms with Crippen LogP contribution in [0.2, 0.25) is 0 Å². The van der Waals surface area contributed by atoms with E-state index in [0.29, 0.717) is 11.3 Å². The third kappa shape index (κ3) is 3.91. The zero-order valence-electron chi connectivity index (χ0n) is 11.9. The molecule has 2 rings (SSSR count). The second-order valence-corrected chi connectivity index (χ2v) is 5.62. The number of amides is 1. The maximum absolute atomic E-state index is 12.2. The van der Waals surface area contributed by atoms with Crippen molar-refractivity contribution in [3.63, 3.8) is 0 Å². The van der Waals surface area contributed by atoms with E-state index in [0.717, 1.165) is 17.0 Å². The monoisotopic (exact) mass is 307 g/mol. The molecule has 0 spiro atoms. The molecule has 0 aliphatic rings. The number of H-pyrrole nitrogens is 1. The highest BCUT2D eigenvalue weighted by Gasteiger charge is 2.23. The Labute approximate surface area is 126 Å². The Morgan fingerprint density at radius 2 is 2.29 bits per heavy atom. The Kier molecular flexibility index (Phi) is 5.10. The van der Waals surface area contributed by atoms with E-state index < -0.39 is 12.0 Å². The van der Waals surface area contributed by atoms with Crippen molar-refractivity contribution in [2.75, 3.05) is 7.11 Å². The van der Waals surface area contributed by atoms with Crippen LogP contribution in [0, 0.1) is 0 Å². The minimum atomic E-state index is -0.741. The van der Waals surface area contributed by atoms with Gasteiger partial charge in [0.1, 0.15) is 6.04 Å². The Balaban J connectivity index is 2.07. The minimum Gasteiger partial charge on any atom is -0.467 e. The maximum Gasteiger partial charge on any atom is 0.328 e. The van der Waals surface area contributed by atoms with E-state index in [-0.39, 0.29) is 5.91 Å². The molecule has 2 aromatic rings. The van der Waals surface area contributed by atoms with Crippen molar-refractivity contribution in [2.24, 2.45) is 0 Å². The molecule has 1 amide bonds. The predicted molar refractivity (Wildman–Crippen MR) is 79.3 cm³/mol. The highest BCUT2D eigenvalue weighted by molar-refractivity contribution is 7.14. The van der Waals surface area contributed by atoms with Crippen LogP contribution in [-0.2, 0) is 22.4 Å². The lowest BCUT2D eigenvalue weighted by molar-refractivity contribution is -0.142. The molecule has 0 saturated carbocycles. The molecule has 0 fully saturated rings. The van der Waals surface area contributed by atoms with Crippen molar-refractivity contribution in [3.8, 4) is 0 Å². The lowest BCUT2D eigenvalue weighted by atomic mass is 10.1. The van der Waals surface area contributed by atoms with Gasteiger partial charge in [-0.1, -0.05) is 6.92 Å². The summed E-state index contributed by atoms with van der Waals surface area (Å²) in [7, 11) is 1.30. The second-order valence-electron chi connectivity index (χ2n) is 4.45. The Morgan fingerprint density at radius 3 is 2.86 bits per heavy atom. The van der Waals surface area contributed by atoms with Crippen LogP contribution in [0.25, 0.3) is 0 Å². The van der Waals surface area contributed by atoms with Crippen LogP contribution in [0.1, 0.15) is 27.2 Å². The van der Waals surface area contributed by atoms with E-state index in [9.17, 15) is 9.59 Å². The average Bonchev–Trinajstić information content (AvgIpc) is 3.16. The molecule has 7 heteroatoms. The molecule has 0 aromatic carbocycles. The van der Waals surface area contributed by atoms with Gasteiger partial charge in [0, 0.05) is 23.2 Å². The van der Waals surface area contributed by atoms with Gasteiger partial charge >= 0.3 is 5.97 Å². The summed E-state index contributed by atoms with van der Waals surface area (Å²) in [6.07, 6.45) is 4.33. The summed E-state index contributed by atoms with van der Waals surface area (Å²) >= 11 is 1.43. The Morgan fingerprint density at radius 1 is 1.48 bits per heavy atom. The van der Waals surface area contributed by atoms with Gasteiger partial charge in [-0.15, -0.1) is 11.3 Å². The fourth-order valence-electron chi connectivity index (χ4n) is 1.87. The average molecular weight is 307 g/mol. The van der Waals surface area contributed by atoms with Crippen LogP contribution in [0.15, 0.2) is 24.7 Å². The lowest BCUT2D eigenvalue weighted by Gasteiger charge is -2.15. The minimum absolute atomic E-state index is 0.269. The van der Waals surface area contributed by atoms with Crippen LogP contribution >= 0.6 is 11.3 Å². The maximum atomic E-state index is 12.2. The smallest absolute Gasteiger partial charge is 0.328 e. The first-order valence-electron chi connectivity index (χ1n) is 6.58. The van der Waals surface area contributed by atoms with Crippen LogP contribution in [0.3, 0.4) is 0 Å². The summed E-state index contributed by atoms with van der Waals surface area (Å²) in [4.78, 5) is 32.5. The first-order chi connectivity index (χ1) is 10.1. The van der Waals surface area contributed by atoms with Crippen molar-refractivity contribution in [3.05, 3.63) is 40.1 Å². The number of esters is 1. The van der Waals surface area contributed by atoms with Crippen molar-refractivity contribution < 1.29 is 14.3 Å². The second kappa shape index (κ2) is 7.03. The van der Waals surface area contributed by atoms with E-state index >= 15 is 0 Å². The Bertz CT molecular complexity index is 607. The number of ether oxygens (including phenoxy) is 1. The zero-order chi connectivity index (χ0) is 15.2. The van der Waals surface area contributed by atoms with Gasteiger partial charge in [-0.2, -0.15) is 0 Å². The number of carbonyl (C=O) groups excluding carboxylic acids is 2. The number of methoxy groups -OCH3 is 1. The number of hydrogen-bond donors (Lipinski definition) is 2. The molecule has 21 heavy (non-hydrogen) atoms. The SMILES string of the molecule is CCc1ccc(C(=O)N[C@@H](Cc2cnc[nH]2)C(=O)OC)s1. The molecule has 2 N–H and O–H groups in total. The van der Waals surface area contributed by atoms with Crippen molar-refractivity contribution in [1.82, 2.24) is 15.3 Å². The van der Waals surface area contributed by atoms with E-state index in [2.05, 4.69) is 15.3 Å². The molecule has 0 aliphatic heterocycles. The zero-order valence-corrected chi connectivity index (χ0v) is 12.7. The van der Waals surface area contributed by atoms with Gasteiger partial charge in [-0.3, -0.25) is 4.79 Å². The summed E-state index contributed by atoms with van der Waals surface area (Å²) in [6.45, 7) is 2.03. The molecule has 0 bridgehead atoms. The molecule has 1 atom stereocenters. The molecule has 0 radical (unpaired) electrons. The fraction of sp³-hybridized carbons (Fsp3) is 0.357. The van der Waals surface area contributed by atoms with Gasteiger partial charge in [0.2, 0.25) is 0 Å². The number of rotatable bonds is 6. The van der Waals surface area contributed by atoms with Gasteiger partial charge in [0.05, 0.1) is 18.3 Å². The van der Waals surface area contributed by atoms with Crippen LogP contribution in [0.4, 0.5) is 0 Å². The molecule has 6 nitrogen and oxygen atoms in total. The number of nitrogens with one attached hydrogen (secondary N) is 2. The predicted octanol–water partition coefficient (Wildman–Crippen LogP) is 1.55. The molecule has 0 aliphatic carbocycles. The van der Waals surface area contributed by atoms with E-state index in [1.54, 1.807) is 12.3 Å². The number of nitrogens with zero attached hydrogens (tertiary/aromatic N) is 1. The molecular formula is C14H17N3O3S. The number of aromatic nitrogens is 2. The summed E-state index contributed by atoms with van der Waals surface area (Å²) in [5.41, 5.74) is 0.756. The largest absolute Gasteiger partial charge is 0.467 e. The molecule has 2 aromatic heterocycles. The standard InChI is InChI=1S/C14H17N3O3S/c1-3-10-4-5-12(21-10)13(18)17-11(14(19)20-2)6-9-7-15-8-16-9/h4-5,7-8,11H,3,6H2,1-2H3,(H,15,16)(H,17,18)/t11-/m0/s1. The van der Waals surface area contributed by atoms with Crippen molar-refractivity contribution >= 4 is 23.2 Å². The van der Waals surface area contributed by atoms with Crippen molar-refractivity contribution in [2.45, 2.75) is 25.8 Å². The van der Waals surface area contributed by atoms with Crippen LogP contribution < -0.4 is 5.32 Å². The highest BCUT2D eigenvalue weighted by atomic mass is 32.1. The number of aryl methyl sites for hydroxylation is 1. The summed E-state index contributed by atoms with van der Waals surface area (Å²) in [5, 5.41) is 2.71. The normalized spacial score (nSPS) is 11.9. The number of thiophene rings is 1. The summed E-state index contributed by atoms with van der Waals surface area (Å²) in [6, 6.07) is 2.94. The number of carbonyl (C=O) groups is 2. The van der Waals surface area contributed by atoms with E-state index in [1.807, 2.05) is 13.0 Å². The Hall–Kier alpha value is -2.15. The molecule has 0 unspecified atom stereocenters. The quantitative estimate of drug-likeness (QED) is 0.793. The number of imidazole rings is 1. The summed E-state index contributed by atoms with van der Waals surface area (Å²) in [5.74, 6) is -0.750. The number of hydrogen-bond acceptors (Lipinski definition) is 5. The van der Waals surface area contributed by atoms with E-state index in [4.69, 9.17) is 4.74 Å². The molecular weight excluding hydrogens is 290 g/mol. The number of aromatic amines is 1. The van der Waals surface area contributed by atoms with Crippen molar-refractivity contribution in [1.29, 1.82) is 0 Å². The third-order valence-corrected chi connectivity index (χ3v) is 4.23. The third-order valence-electron chi connectivity index (χ3n) is 3.00. The topological polar surface area (TPSA) is 84.1 Å². The first kappa shape index (κ1) is 15.2. The molecule has 2 heterocycles. The first-order valence-corrected chi connectivity index (χ1v) is 7.40. The van der Waals surface area contributed by atoms with Gasteiger partial charge in [-0.25, -0.2) is 9.78 Å². The molecule has 0 saturated heterocycles. The van der Waals surface area contributed by atoms with Gasteiger partial charge in [-0.05, 0) is 18.6 Å². The van der Waals surface area contributed by atoms with Crippen LogP contribution in [-0.4, -0.2) is 35.0 Å². The highest BCUT2D eigenvalue weighted by Crippen LogP contribution is 2.17. The van der Waals surface area contributed by atoms with Crippen LogP contribution in [0.5, 0.6) is 0 Å². The molecule has 112 valence electrons. The lowest BCUT2D eigenvalue weighted by Crippen LogP contribution is -2.42. The fourth-order valence-corrected chi connectivity index (χ4v) is 2.72. The van der Waals surface area contributed by atoms with Gasteiger partial charge in [0.15, 0.2) is 0 Å². The van der Waals surface area contributed by atoms with Gasteiger partial charge < -0.3 is 15.0 Å².